The lowest BCUT2D eigenvalue weighted by Crippen LogP contribution is -2.37. The maximum Gasteiger partial charge on any atom is 0.418 e. The lowest BCUT2D eigenvalue weighted by atomic mass is 10.1. The number of halogens is 4. The minimum Gasteiger partial charge on any atom is -0.486 e. The van der Waals surface area contributed by atoms with Crippen LogP contribution in [0.15, 0.2) is 12.3 Å². The average Bonchev–Trinajstić information content (AvgIpc) is 2.32. The van der Waals surface area contributed by atoms with Crippen molar-refractivity contribution in [1.29, 1.82) is 0 Å². The summed E-state index contributed by atoms with van der Waals surface area (Å²) in [6.45, 7) is 1.50. The SMILES string of the molecule is FC(F)(F)c1cnc(Cl)c(OC2CCCNC2)c1. The Kier molecular flexibility index (Phi) is 3.97. The zero-order chi connectivity index (χ0) is 13.2. The molecule has 3 nitrogen and oxygen atoms in total. The summed E-state index contributed by atoms with van der Waals surface area (Å²) in [7, 11) is 0. The maximum atomic E-state index is 12.5. The van der Waals surface area contributed by atoms with Crippen LogP contribution in [0.25, 0.3) is 0 Å². The van der Waals surface area contributed by atoms with E-state index in [9.17, 15) is 13.2 Å². The molecule has 1 fully saturated rings. The van der Waals surface area contributed by atoms with Crippen molar-refractivity contribution in [3.8, 4) is 5.75 Å². The van der Waals surface area contributed by atoms with Crippen molar-refractivity contribution < 1.29 is 17.9 Å². The highest BCUT2D eigenvalue weighted by Gasteiger charge is 2.32. The Hall–Kier alpha value is -1.01. The number of hydrogen-bond acceptors (Lipinski definition) is 3. The molecule has 1 N–H and O–H groups in total. The molecule has 0 bridgehead atoms. The van der Waals surface area contributed by atoms with E-state index < -0.39 is 11.7 Å². The average molecular weight is 281 g/mol. The van der Waals surface area contributed by atoms with Gasteiger partial charge in [-0.15, -0.1) is 0 Å². The van der Waals surface area contributed by atoms with E-state index in [4.69, 9.17) is 16.3 Å². The fraction of sp³-hybridized carbons (Fsp3) is 0.545. The third kappa shape index (κ3) is 3.26. The number of rotatable bonds is 2. The molecule has 0 aromatic carbocycles. The summed E-state index contributed by atoms with van der Waals surface area (Å²) in [5.74, 6) is -0.0137. The number of nitrogens with zero attached hydrogens (tertiary/aromatic N) is 1. The lowest BCUT2D eigenvalue weighted by Gasteiger charge is -2.24. The molecule has 2 rings (SSSR count). The Morgan fingerprint density at radius 2 is 2.22 bits per heavy atom. The molecule has 0 saturated carbocycles. The first kappa shape index (κ1) is 13.4. The van der Waals surface area contributed by atoms with Crippen LogP contribution >= 0.6 is 11.6 Å². The summed E-state index contributed by atoms with van der Waals surface area (Å²) in [4.78, 5) is 3.51. The molecular formula is C11H12ClF3N2O. The van der Waals surface area contributed by atoms with Gasteiger partial charge in [0.1, 0.15) is 6.10 Å². The molecular weight excluding hydrogens is 269 g/mol. The van der Waals surface area contributed by atoms with Crippen LogP contribution in [0.4, 0.5) is 13.2 Å². The number of aromatic nitrogens is 1. The Balaban J connectivity index is 2.15. The highest BCUT2D eigenvalue weighted by molar-refractivity contribution is 6.30. The van der Waals surface area contributed by atoms with Gasteiger partial charge in [-0.2, -0.15) is 13.2 Å². The highest BCUT2D eigenvalue weighted by atomic mass is 35.5. The minimum absolute atomic E-state index is 0.0137. The van der Waals surface area contributed by atoms with Gasteiger partial charge in [0.2, 0.25) is 0 Å². The fourth-order valence-electron chi connectivity index (χ4n) is 1.77. The van der Waals surface area contributed by atoms with Crippen LogP contribution in [-0.4, -0.2) is 24.2 Å². The van der Waals surface area contributed by atoms with E-state index in [0.29, 0.717) is 12.7 Å². The number of piperidine rings is 1. The normalized spacial score (nSPS) is 20.8. The monoisotopic (exact) mass is 280 g/mol. The lowest BCUT2D eigenvalue weighted by molar-refractivity contribution is -0.138. The van der Waals surface area contributed by atoms with E-state index in [2.05, 4.69) is 10.3 Å². The number of hydrogen-bond donors (Lipinski definition) is 1. The highest BCUT2D eigenvalue weighted by Crippen LogP contribution is 2.34. The Labute approximate surface area is 107 Å². The third-order valence-corrected chi connectivity index (χ3v) is 2.96. The Morgan fingerprint density at radius 1 is 1.44 bits per heavy atom. The summed E-state index contributed by atoms with van der Waals surface area (Å²) < 4.78 is 43.0. The molecule has 1 aliphatic heterocycles. The second kappa shape index (κ2) is 5.32. The van der Waals surface area contributed by atoms with Crippen LogP contribution in [0.5, 0.6) is 5.75 Å². The first-order valence-corrected chi connectivity index (χ1v) is 5.95. The molecule has 0 amide bonds. The molecule has 0 spiro atoms. The molecule has 7 heteroatoms. The van der Waals surface area contributed by atoms with Crippen molar-refractivity contribution in [2.24, 2.45) is 0 Å². The number of alkyl halides is 3. The molecule has 1 unspecified atom stereocenters. The maximum absolute atomic E-state index is 12.5. The first-order valence-electron chi connectivity index (χ1n) is 5.57. The largest absolute Gasteiger partial charge is 0.486 e. The van der Waals surface area contributed by atoms with E-state index in [1.165, 1.54) is 0 Å². The van der Waals surface area contributed by atoms with E-state index in [0.717, 1.165) is 25.5 Å². The van der Waals surface area contributed by atoms with Crippen molar-refractivity contribution in [2.75, 3.05) is 13.1 Å². The van der Waals surface area contributed by atoms with Crippen LogP contribution in [0, 0.1) is 0 Å². The summed E-state index contributed by atoms with van der Waals surface area (Å²) in [6, 6.07) is 0.893. The summed E-state index contributed by atoms with van der Waals surface area (Å²) in [5.41, 5.74) is -0.856. The number of pyridine rings is 1. The van der Waals surface area contributed by atoms with Crippen LogP contribution in [0.3, 0.4) is 0 Å². The van der Waals surface area contributed by atoms with Gasteiger partial charge in [0.15, 0.2) is 10.9 Å². The van der Waals surface area contributed by atoms with E-state index in [1.807, 2.05) is 0 Å². The molecule has 1 aliphatic rings. The minimum atomic E-state index is -4.44. The van der Waals surface area contributed by atoms with Gasteiger partial charge in [0, 0.05) is 12.7 Å². The number of nitrogens with one attached hydrogen (secondary N) is 1. The molecule has 0 radical (unpaired) electrons. The van der Waals surface area contributed by atoms with E-state index in [-0.39, 0.29) is 17.0 Å². The van der Waals surface area contributed by atoms with Gasteiger partial charge >= 0.3 is 6.18 Å². The van der Waals surface area contributed by atoms with Gasteiger partial charge < -0.3 is 10.1 Å². The third-order valence-electron chi connectivity index (χ3n) is 2.68. The zero-order valence-electron chi connectivity index (χ0n) is 9.43. The summed E-state index contributed by atoms with van der Waals surface area (Å²) >= 11 is 5.74. The van der Waals surface area contributed by atoms with Crippen molar-refractivity contribution in [2.45, 2.75) is 25.1 Å². The van der Waals surface area contributed by atoms with Gasteiger partial charge in [-0.1, -0.05) is 11.6 Å². The number of ether oxygens (including phenoxy) is 1. The molecule has 2 heterocycles. The van der Waals surface area contributed by atoms with Crippen LogP contribution in [0.1, 0.15) is 18.4 Å². The summed E-state index contributed by atoms with van der Waals surface area (Å²) in [5, 5.41) is 3.06. The standard InChI is InChI=1S/C11H12ClF3N2O/c12-10-9(18-8-2-1-3-16-6-8)4-7(5-17-10)11(13,14)15/h4-5,8,16H,1-3,6H2. The van der Waals surface area contributed by atoms with Crippen molar-refractivity contribution in [3.05, 3.63) is 23.0 Å². The van der Waals surface area contributed by atoms with Crippen LogP contribution < -0.4 is 10.1 Å². The smallest absolute Gasteiger partial charge is 0.418 e. The fourth-order valence-corrected chi connectivity index (χ4v) is 1.91. The van der Waals surface area contributed by atoms with Gasteiger partial charge in [0.25, 0.3) is 0 Å². The first-order chi connectivity index (χ1) is 8.47. The van der Waals surface area contributed by atoms with Crippen molar-refractivity contribution in [1.82, 2.24) is 10.3 Å². The van der Waals surface area contributed by atoms with Gasteiger partial charge in [-0.05, 0) is 25.5 Å². The second-order valence-electron chi connectivity index (χ2n) is 4.10. The van der Waals surface area contributed by atoms with Crippen molar-refractivity contribution >= 4 is 11.6 Å². The van der Waals surface area contributed by atoms with E-state index >= 15 is 0 Å². The molecule has 1 aromatic rings. The Morgan fingerprint density at radius 3 is 2.83 bits per heavy atom. The molecule has 1 aromatic heterocycles. The topological polar surface area (TPSA) is 34.1 Å². The molecule has 1 atom stereocenters. The molecule has 18 heavy (non-hydrogen) atoms. The quantitative estimate of drug-likeness (QED) is 0.846. The van der Waals surface area contributed by atoms with Gasteiger partial charge in [-0.3, -0.25) is 0 Å². The van der Waals surface area contributed by atoms with Crippen molar-refractivity contribution in [3.63, 3.8) is 0 Å². The van der Waals surface area contributed by atoms with Gasteiger partial charge in [-0.25, -0.2) is 4.98 Å². The predicted octanol–water partition coefficient (Wildman–Crippen LogP) is 2.88. The molecule has 0 aliphatic carbocycles. The van der Waals surface area contributed by atoms with Crippen LogP contribution in [0.2, 0.25) is 5.15 Å². The molecule has 1 saturated heterocycles. The second-order valence-corrected chi connectivity index (χ2v) is 4.45. The Bertz CT molecular complexity index is 419. The van der Waals surface area contributed by atoms with Crippen LogP contribution in [-0.2, 0) is 6.18 Å². The molecule has 100 valence electrons. The zero-order valence-corrected chi connectivity index (χ0v) is 10.2. The van der Waals surface area contributed by atoms with Gasteiger partial charge in [0.05, 0.1) is 5.56 Å². The predicted molar refractivity (Wildman–Crippen MR) is 60.8 cm³/mol. The van der Waals surface area contributed by atoms with E-state index in [1.54, 1.807) is 0 Å². The summed E-state index contributed by atoms with van der Waals surface area (Å²) in [6.07, 6.45) is -2.19.